The zero-order chi connectivity index (χ0) is 23.5. The first kappa shape index (κ1) is 22.4. The van der Waals surface area contributed by atoms with Crippen LogP contribution in [0.1, 0.15) is 25.7 Å². The fourth-order valence-electron chi connectivity index (χ4n) is 3.64. The van der Waals surface area contributed by atoms with Gasteiger partial charge in [0.2, 0.25) is 0 Å². The number of fused-ring (bicyclic) bond motifs is 1. The molecule has 0 spiro atoms. The summed E-state index contributed by atoms with van der Waals surface area (Å²) in [7, 11) is 0. The molecule has 2 amide bonds. The number of anilines is 3. The lowest BCUT2D eigenvalue weighted by Gasteiger charge is -2.25. The molecular formula is C23H22N6O3S2. The van der Waals surface area contributed by atoms with Crippen molar-refractivity contribution in [1.82, 2.24) is 14.9 Å². The highest BCUT2D eigenvalue weighted by Crippen LogP contribution is 2.32. The number of morpholine rings is 1. The fraction of sp³-hybridized carbons (Fsp3) is 0.217. The van der Waals surface area contributed by atoms with E-state index in [1.165, 1.54) is 11.3 Å². The van der Waals surface area contributed by atoms with Gasteiger partial charge in [-0.25, -0.2) is 4.98 Å². The van der Waals surface area contributed by atoms with Gasteiger partial charge in [-0.3, -0.25) is 19.5 Å². The number of hydrogen-bond acceptors (Lipinski definition) is 9. The van der Waals surface area contributed by atoms with Gasteiger partial charge in [0.15, 0.2) is 10.8 Å². The van der Waals surface area contributed by atoms with Crippen molar-refractivity contribution in [3.63, 3.8) is 0 Å². The number of benzene rings is 1. The molecule has 1 aliphatic rings. The van der Waals surface area contributed by atoms with Crippen LogP contribution < -0.4 is 16.4 Å². The molecule has 3 aromatic heterocycles. The summed E-state index contributed by atoms with van der Waals surface area (Å²) in [6.07, 6.45) is 1.74. The molecule has 0 unspecified atom stereocenters. The van der Waals surface area contributed by atoms with Crippen LogP contribution in [0.5, 0.6) is 0 Å². The predicted molar refractivity (Wildman–Crippen MR) is 134 cm³/mol. The molecule has 0 saturated carbocycles. The second kappa shape index (κ2) is 9.85. The molecule has 11 heteroatoms. The van der Waals surface area contributed by atoms with Gasteiger partial charge in [-0.05, 0) is 30.3 Å². The first-order chi connectivity index (χ1) is 16.5. The summed E-state index contributed by atoms with van der Waals surface area (Å²) < 4.78 is 5.38. The molecular weight excluding hydrogens is 472 g/mol. The largest absolute Gasteiger partial charge is 0.379 e. The third kappa shape index (κ3) is 5.07. The van der Waals surface area contributed by atoms with Gasteiger partial charge in [0.1, 0.15) is 5.00 Å². The average Bonchev–Trinajstić information content (AvgIpc) is 3.47. The van der Waals surface area contributed by atoms with Crippen LogP contribution in [0.15, 0.2) is 48.0 Å². The molecule has 4 N–H and O–H groups in total. The van der Waals surface area contributed by atoms with Crippen LogP contribution in [-0.4, -0.2) is 53.0 Å². The zero-order valence-electron chi connectivity index (χ0n) is 18.1. The molecule has 1 aliphatic heterocycles. The number of thiazole rings is 1. The second-order valence-corrected chi connectivity index (χ2v) is 9.74. The number of rotatable bonds is 7. The van der Waals surface area contributed by atoms with Gasteiger partial charge >= 0.3 is 0 Å². The third-order valence-corrected chi connectivity index (χ3v) is 7.15. The summed E-state index contributed by atoms with van der Waals surface area (Å²) in [5.74, 6) is -1.01. The maximum absolute atomic E-state index is 12.9. The van der Waals surface area contributed by atoms with Crippen LogP contribution >= 0.6 is 22.7 Å². The summed E-state index contributed by atoms with van der Waals surface area (Å²) in [6, 6.07) is 11.4. The quantitative estimate of drug-likeness (QED) is 0.358. The summed E-state index contributed by atoms with van der Waals surface area (Å²) in [5, 5.41) is 9.53. The highest BCUT2D eigenvalue weighted by Gasteiger charge is 2.20. The third-order valence-electron chi connectivity index (χ3n) is 5.34. The molecule has 9 nitrogen and oxygen atoms in total. The topological polar surface area (TPSA) is 122 Å². The number of hydrogen-bond donors (Lipinski definition) is 3. The number of carbonyl (C=O) groups is 2. The Bertz CT molecular complexity index is 1350. The number of nitrogens with two attached hydrogens (primary N) is 1. The van der Waals surface area contributed by atoms with Crippen LogP contribution in [0.25, 0.3) is 10.9 Å². The molecule has 4 aromatic rings. The summed E-state index contributed by atoms with van der Waals surface area (Å²) >= 11 is 2.69. The minimum atomic E-state index is -0.708. The summed E-state index contributed by atoms with van der Waals surface area (Å²) in [4.78, 5) is 36.8. The highest BCUT2D eigenvalue weighted by molar-refractivity contribution is 7.20. The van der Waals surface area contributed by atoms with Gasteiger partial charge < -0.3 is 21.1 Å². The number of ether oxygens (including phenoxy) is 1. The van der Waals surface area contributed by atoms with Gasteiger partial charge in [0.25, 0.3) is 11.8 Å². The number of primary amides is 1. The van der Waals surface area contributed by atoms with E-state index in [9.17, 15) is 9.59 Å². The number of carbonyl (C=O) groups excluding carboxylic acids is 2. The molecule has 0 radical (unpaired) electrons. The van der Waals surface area contributed by atoms with E-state index in [1.807, 2.05) is 41.8 Å². The first-order valence-electron chi connectivity index (χ1n) is 10.7. The van der Waals surface area contributed by atoms with E-state index in [0.717, 1.165) is 65.7 Å². The van der Waals surface area contributed by atoms with Crippen molar-refractivity contribution in [1.29, 1.82) is 0 Å². The minimum Gasteiger partial charge on any atom is -0.379 e. The van der Waals surface area contributed by atoms with Gasteiger partial charge in [-0.15, -0.1) is 11.3 Å². The van der Waals surface area contributed by atoms with Gasteiger partial charge in [0.05, 0.1) is 24.3 Å². The van der Waals surface area contributed by atoms with Crippen molar-refractivity contribution in [2.45, 2.75) is 6.54 Å². The average molecular weight is 495 g/mol. The lowest BCUT2D eigenvalue weighted by molar-refractivity contribution is 0.0346. The number of nitrogens with zero attached hydrogens (tertiary/aromatic N) is 3. The molecule has 0 bridgehead atoms. The van der Waals surface area contributed by atoms with Crippen molar-refractivity contribution in [2.75, 3.05) is 36.9 Å². The Labute approximate surface area is 203 Å². The Kier molecular flexibility index (Phi) is 6.50. The van der Waals surface area contributed by atoms with Crippen LogP contribution in [0, 0.1) is 0 Å². The van der Waals surface area contributed by atoms with Crippen molar-refractivity contribution in [3.8, 4) is 0 Å². The van der Waals surface area contributed by atoms with Crippen LogP contribution in [0.4, 0.5) is 15.8 Å². The maximum atomic E-state index is 12.9. The molecule has 0 aliphatic carbocycles. The SMILES string of the molecule is NC(=O)c1nc(Nc2ccc3ncccc3c2)sc1NC(=O)c1csc(CN2CCOCC2)c1. The molecule has 174 valence electrons. The van der Waals surface area contributed by atoms with Gasteiger partial charge in [-0.1, -0.05) is 17.4 Å². The molecule has 5 rings (SSSR count). The van der Waals surface area contributed by atoms with E-state index < -0.39 is 5.91 Å². The monoisotopic (exact) mass is 494 g/mol. The Morgan fingerprint density at radius 1 is 1.18 bits per heavy atom. The summed E-state index contributed by atoms with van der Waals surface area (Å²) in [6.45, 7) is 4.00. The van der Waals surface area contributed by atoms with Crippen molar-refractivity contribution >= 4 is 61.2 Å². The first-order valence-corrected chi connectivity index (χ1v) is 12.4. The lowest BCUT2D eigenvalue weighted by atomic mass is 10.2. The smallest absolute Gasteiger partial charge is 0.270 e. The van der Waals surface area contributed by atoms with E-state index >= 15 is 0 Å². The van der Waals surface area contributed by atoms with E-state index in [4.69, 9.17) is 10.5 Å². The van der Waals surface area contributed by atoms with E-state index in [2.05, 4.69) is 25.5 Å². The highest BCUT2D eigenvalue weighted by atomic mass is 32.1. The summed E-state index contributed by atoms with van der Waals surface area (Å²) in [5.41, 5.74) is 7.74. The molecule has 4 heterocycles. The number of pyridine rings is 1. The van der Waals surface area contributed by atoms with Crippen LogP contribution in [0.3, 0.4) is 0 Å². The lowest BCUT2D eigenvalue weighted by Crippen LogP contribution is -2.35. The minimum absolute atomic E-state index is 0.0204. The van der Waals surface area contributed by atoms with Crippen molar-refractivity contribution < 1.29 is 14.3 Å². The number of nitrogens with one attached hydrogen (secondary N) is 2. The van der Waals surface area contributed by atoms with Crippen LogP contribution in [-0.2, 0) is 11.3 Å². The molecule has 0 atom stereocenters. The Balaban J connectivity index is 1.30. The number of thiophene rings is 1. The Morgan fingerprint density at radius 2 is 2.03 bits per heavy atom. The van der Waals surface area contributed by atoms with Crippen LogP contribution in [0.2, 0.25) is 0 Å². The van der Waals surface area contributed by atoms with E-state index in [0.29, 0.717) is 15.7 Å². The number of amides is 2. The Hall–Kier alpha value is -3.38. The normalized spacial score (nSPS) is 14.2. The molecule has 1 aromatic carbocycles. The standard InChI is InChI=1S/C23H22N6O3S2/c24-20(30)19-22(28-21(31)15-11-17(33-13-15)12-29-6-8-32-9-7-29)34-23(27-19)26-16-3-4-18-14(10-16)2-1-5-25-18/h1-5,10-11,13H,6-9,12H2,(H2,24,30)(H,26,27)(H,28,31). The number of aromatic nitrogens is 2. The maximum Gasteiger partial charge on any atom is 0.270 e. The molecule has 1 saturated heterocycles. The zero-order valence-corrected chi connectivity index (χ0v) is 19.7. The van der Waals surface area contributed by atoms with E-state index in [-0.39, 0.29) is 11.6 Å². The van der Waals surface area contributed by atoms with Gasteiger partial charge in [0, 0.05) is 47.2 Å². The van der Waals surface area contributed by atoms with Crippen molar-refractivity contribution in [3.05, 3.63) is 64.1 Å². The Morgan fingerprint density at radius 3 is 2.85 bits per heavy atom. The van der Waals surface area contributed by atoms with Crippen molar-refractivity contribution in [2.24, 2.45) is 5.73 Å². The predicted octanol–water partition coefficient (Wildman–Crippen LogP) is 3.68. The fourth-order valence-corrected chi connectivity index (χ4v) is 5.43. The molecule has 34 heavy (non-hydrogen) atoms. The molecule has 1 fully saturated rings. The second-order valence-electron chi connectivity index (χ2n) is 7.74. The van der Waals surface area contributed by atoms with Gasteiger partial charge in [-0.2, -0.15) is 0 Å². The van der Waals surface area contributed by atoms with E-state index in [1.54, 1.807) is 6.20 Å².